The van der Waals surface area contributed by atoms with E-state index >= 15 is 0 Å². The van der Waals surface area contributed by atoms with E-state index in [4.69, 9.17) is 9.72 Å². The molecule has 0 saturated carbocycles. The first-order chi connectivity index (χ1) is 10.2. The SMILES string of the molecule is CCC1(CC)CC(Nc2ccc3ccccc3n2)CCO1. The standard InChI is InChI=1S/C18H24N2O/c1-3-18(4-2)13-15(11-12-21-18)19-17-10-9-14-7-5-6-8-16(14)20-17/h5-10,15H,3-4,11-13H2,1-2H3,(H,19,20). The van der Waals surface area contributed by atoms with Crippen LogP contribution in [-0.4, -0.2) is 23.2 Å². The van der Waals surface area contributed by atoms with E-state index in [-0.39, 0.29) is 5.60 Å². The van der Waals surface area contributed by atoms with Gasteiger partial charge in [-0.3, -0.25) is 0 Å². The summed E-state index contributed by atoms with van der Waals surface area (Å²) in [4.78, 5) is 4.72. The molecule has 21 heavy (non-hydrogen) atoms. The number of ether oxygens (including phenoxy) is 1. The molecule has 2 heterocycles. The molecule has 1 N–H and O–H groups in total. The fourth-order valence-electron chi connectivity index (χ4n) is 3.25. The van der Waals surface area contributed by atoms with Crippen molar-refractivity contribution in [2.24, 2.45) is 0 Å². The highest BCUT2D eigenvalue weighted by molar-refractivity contribution is 5.80. The summed E-state index contributed by atoms with van der Waals surface area (Å²) >= 11 is 0. The molecule has 3 nitrogen and oxygen atoms in total. The first-order valence-corrected chi connectivity index (χ1v) is 8.01. The molecule has 0 bridgehead atoms. The summed E-state index contributed by atoms with van der Waals surface area (Å²) in [5.41, 5.74) is 1.10. The van der Waals surface area contributed by atoms with Crippen molar-refractivity contribution in [3.05, 3.63) is 36.4 Å². The maximum atomic E-state index is 6.04. The zero-order valence-electron chi connectivity index (χ0n) is 12.9. The Bertz CT molecular complexity index is 607. The van der Waals surface area contributed by atoms with Crippen molar-refractivity contribution >= 4 is 16.7 Å². The molecule has 1 fully saturated rings. The highest BCUT2D eigenvalue weighted by Crippen LogP contribution is 2.32. The van der Waals surface area contributed by atoms with Crippen LogP contribution in [0.1, 0.15) is 39.5 Å². The quantitative estimate of drug-likeness (QED) is 0.904. The second kappa shape index (κ2) is 6.02. The molecular weight excluding hydrogens is 260 g/mol. The second-order valence-electron chi connectivity index (χ2n) is 5.96. The summed E-state index contributed by atoms with van der Waals surface area (Å²) < 4.78 is 6.04. The van der Waals surface area contributed by atoms with Gasteiger partial charge in [-0.05, 0) is 43.9 Å². The van der Waals surface area contributed by atoms with Crippen molar-refractivity contribution in [1.29, 1.82) is 0 Å². The van der Waals surface area contributed by atoms with Gasteiger partial charge in [-0.2, -0.15) is 0 Å². The number of aromatic nitrogens is 1. The molecule has 1 unspecified atom stereocenters. The Kier molecular flexibility index (Phi) is 4.11. The van der Waals surface area contributed by atoms with E-state index in [1.54, 1.807) is 0 Å². The molecule has 112 valence electrons. The van der Waals surface area contributed by atoms with Gasteiger partial charge in [0.05, 0.1) is 11.1 Å². The smallest absolute Gasteiger partial charge is 0.126 e. The predicted octanol–water partition coefficient (Wildman–Crippen LogP) is 4.38. The average Bonchev–Trinajstić information content (AvgIpc) is 2.55. The molecule has 1 aromatic heterocycles. The summed E-state index contributed by atoms with van der Waals surface area (Å²) in [6, 6.07) is 12.9. The zero-order valence-corrected chi connectivity index (χ0v) is 12.9. The average molecular weight is 284 g/mol. The van der Waals surface area contributed by atoms with Crippen molar-refractivity contribution in [3.63, 3.8) is 0 Å². The lowest BCUT2D eigenvalue weighted by atomic mass is 9.86. The predicted molar refractivity (Wildman–Crippen MR) is 87.7 cm³/mol. The van der Waals surface area contributed by atoms with Gasteiger partial charge in [-0.15, -0.1) is 0 Å². The first-order valence-electron chi connectivity index (χ1n) is 8.01. The number of hydrogen-bond acceptors (Lipinski definition) is 3. The number of pyridine rings is 1. The maximum Gasteiger partial charge on any atom is 0.126 e. The lowest BCUT2D eigenvalue weighted by molar-refractivity contribution is -0.0864. The van der Waals surface area contributed by atoms with Crippen LogP contribution >= 0.6 is 0 Å². The molecule has 3 heteroatoms. The molecule has 1 aromatic carbocycles. The topological polar surface area (TPSA) is 34.2 Å². The summed E-state index contributed by atoms with van der Waals surface area (Å²) in [5, 5.41) is 4.79. The highest BCUT2D eigenvalue weighted by Gasteiger charge is 2.34. The Morgan fingerprint density at radius 3 is 2.81 bits per heavy atom. The van der Waals surface area contributed by atoms with Crippen molar-refractivity contribution in [2.45, 2.75) is 51.2 Å². The van der Waals surface area contributed by atoms with Crippen LogP contribution in [0.3, 0.4) is 0 Å². The minimum absolute atomic E-state index is 0.0484. The molecule has 1 saturated heterocycles. The summed E-state index contributed by atoms with van der Waals surface area (Å²) in [6.45, 7) is 5.28. The van der Waals surface area contributed by atoms with Gasteiger partial charge in [0.2, 0.25) is 0 Å². The molecule has 0 spiro atoms. The maximum absolute atomic E-state index is 6.04. The van der Waals surface area contributed by atoms with Gasteiger partial charge in [-0.25, -0.2) is 4.98 Å². The zero-order chi connectivity index (χ0) is 14.7. The van der Waals surface area contributed by atoms with Gasteiger partial charge in [0, 0.05) is 18.0 Å². The summed E-state index contributed by atoms with van der Waals surface area (Å²) in [6.07, 6.45) is 4.27. The number of fused-ring (bicyclic) bond motifs is 1. The van der Waals surface area contributed by atoms with Gasteiger partial charge in [0.25, 0.3) is 0 Å². The van der Waals surface area contributed by atoms with Gasteiger partial charge < -0.3 is 10.1 Å². The number of benzene rings is 1. The minimum atomic E-state index is 0.0484. The lowest BCUT2D eigenvalue weighted by Gasteiger charge is -2.40. The Balaban J connectivity index is 1.75. The van der Waals surface area contributed by atoms with Crippen LogP contribution in [0.4, 0.5) is 5.82 Å². The van der Waals surface area contributed by atoms with E-state index in [0.29, 0.717) is 6.04 Å². The lowest BCUT2D eigenvalue weighted by Crippen LogP contribution is -2.43. The molecule has 0 amide bonds. The van der Waals surface area contributed by atoms with Crippen LogP contribution in [0.2, 0.25) is 0 Å². The molecule has 1 atom stereocenters. The number of nitrogens with one attached hydrogen (secondary N) is 1. The third-order valence-corrected chi connectivity index (χ3v) is 4.73. The number of nitrogens with zero attached hydrogens (tertiary/aromatic N) is 1. The molecule has 0 aliphatic carbocycles. The van der Waals surface area contributed by atoms with E-state index in [1.807, 2.05) is 12.1 Å². The van der Waals surface area contributed by atoms with Crippen molar-refractivity contribution in [1.82, 2.24) is 4.98 Å². The fourth-order valence-corrected chi connectivity index (χ4v) is 3.25. The van der Waals surface area contributed by atoms with E-state index in [1.165, 1.54) is 5.39 Å². The third-order valence-electron chi connectivity index (χ3n) is 4.73. The molecule has 0 radical (unpaired) electrons. The third kappa shape index (κ3) is 3.03. The van der Waals surface area contributed by atoms with Gasteiger partial charge in [0.1, 0.15) is 5.82 Å². The van der Waals surface area contributed by atoms with Crippen LogP contribution in [0.15, 0.2) is 36.4 Å². The molecule has 1 aliphatic rings. The van der Waals surface area contributed by atoms with Crippen LogP contribution < -0.4 is 5.32 Å². The van der Waals surface area contributed by atoms with E-state index in [9.17, 15) is 0 Å². The largest absolute Gasteiger partial charge is 0.375 e. The molecule has 3 rings (SSSR count). The van der Waals surface area contributed by atoms with Gasteiger partial charge in [-0.1, -0.05) is 32.0 Å². The van der Waals surface area contributed by atoms with E-state index in [2.05, 4.69) is 43.4 Å². The molecular formula is C18H24N2O. The monoisotopic (exact) mass is 284 g/mol. The van der Waals surface area contributed by atoms with Gasteiger partial charge >= 0.3 is 0 Å². The van der Waals surface area contributed by atoms with Crippen molar-refractivity contribution in [3.8, 4) is 0 Å². The molecule has 2 aromatic rings. The van der Waals surface area contributed by atoms with Crippen molar-refractivity contribution in [2.75, 3.05) is 11.9 Å². The fraction of sp³-hybridized carbons (Fsp3) is 0.500. The van der Waals surface area contributed by atoms with E-state index in [0.717, 1.165) is 43.6 Å². The first kappa shape index (κ1) is 14.3. The summed E-state index contributed by atoms with van der Waals surface area (Å²) in [5.74, 6) is 0.974. The minimum Gasteiger partial charge on any atom is -0.375 e. The van der Waals surface area contributed by atoms with Crippen LogP contribution in [0, 0.1) is 0 Å². The Morgan fingerprint density at radius 2 is 2.00 bits per heavy atom. The van der Waals surface area contributed by atoms with Crippen LogP contribution in [0.5, 0.6) is 0 Å². The molecule has 1 aliphatic heterocycles. The Morgan fingerprint density at radius 1 is 1.19 bits per heavy atom. The number of anilines is 1. The number of rotatable bonds is 4. The Hall–Kier alpha value is -1.61. The highest BCUT2D eigenvalue weighted by atomic mass is 16.5. The van der Waals surface area contributed by atoms with Crippen LogP contribution in [-0.2, 0) is 4.74 Å². The number of para-hydroxylation sites is 1. The normalized spacial score (nSPS) is 21.3. The summed E-state index contributed by atoms with van der Waals surface area (Å²) in [7, 11) is 0. The van der Waals surface area contributed by atoms with Crippen LogP contribution in [0.25, 0.3) is 10.9 Å². The number of hydrogen-bond donors (Lipinski definition) is 1. The van der Waals surface area contributed by atoms with Crippen molar-refractivity contribution < 1.29 is 4.74 Å². The Labute approximate surface area is 126 Å². The second-order valence-corrected chi connectivity index (χ2v) is 5.96. The van der Waals surface area contributed by atoms with E-state index < -0.39 is 0 Å². The van der Waals surface area contributed by atoms with Gasteiger partial charge in [0.15, 0.2) is 0 Å².